The van der Waals surface area contributed by atoms with Crippen LogP contribution in [0.3, 0.4) is 0 Å². The Kier molecular flexibility index (Phi) is 6.19. The monoisotopic (exact) mass is 324 g/mol. The lowest BCUT2D eigenvalue weighted by molar-refractivity contribution is -0.132. The van der Waals surface area contributed by atoms with Crippen LogP contribution in [0.25, 0.3) is 11.1 Å². The molecular weight excluding hydrogens is 300 g/mol. The van der Waals surface area contributed by atoms with Crippen molar-refractivity contribution in [1.29, 1.82) is 0 Å². The molecule has 1 N–H and O–H groups in total. The molecule has 0 saturated carbocycles. The molecule has 0 radical (unpaired) electrons. The first-order valence-electron chi connectivity index (χ1n) is 8.31. The topological polar surface area (TPSA) is 46.5 Å². The van der Waals surface area contributed by atoms with E-state index in [1.165, 1.54) is 36.0 Å². The van der Waals surface area contributed by atoms with E-state index in [2.05, 4.69) is 38.6 Å². The third-order valence-corrected chi connectivity index (χ3v) is 3.97. The minimum absolute atomic E-state index is 0.382. The maximum absolute atomic E-state index is 11.3. The van der Waals surface area contributed by atoms with Gasteiger partial charge in [0.1, 0.15) is 5.75 Å². The SMILES string of the molecule is C=C(O)C(=O)Oc1ccc(-c2ccc(CCCCC)cc2C)cc1. The summed E-state index contributed by atoms with van der Waals surface area (Å²) in [7, 11) is 0. The van der Waals surface area contributed by atoms with Gasteiger partial charge in [-0.15, -0.1) is 0 Å². The van der Waals surface area contributed by atoms with Gasteiger partial charge in [0.2, 0.25) is 0 Å². The molecule has 0 amide bonds. The zero-order valence-electron chi connectivity index (χ0n) is 14.3. The van der Waals surface area contributed by atoms with Gasteiger partial charge >= 0.3 is 5.97 Å². The third kappa shape index (κ3) is 4.72. The number of aliphatic hydroxyl groups excluding tert-OH is 1. The van der Waals surface area contributed by atoms with Gasteiger partial charge in [0.15, 0.2) is 5.76 Å². The first-order chi connectivity index (χ1) is 11.5. The number of ether oxygens (including phenoxy) is 1. The Morgan fingerprint density at radius 1 is 1.12 bits per heavy atom. The maximum Gasteiger partial charge on any atom is 0.378 e. The predicted octanol–water partition coefficient (Wildman–Crippen LogP) is 5.37. The summed E-state index contributed by atoms with van der Waals surface area (Å²) in [5.41, 5.74) is 4.84. The van der Waals surface area contributed by atoms with E-state index in [4.69, 9.17) is 9.84 Å². The summed E-state index contributed by atoms with van der Waals surface area (Å²) in [6.07, 6.45) is 4.85. The van der Waals surface area contributed by atoms with Crippen LogP contribution in [-0.4, -0.2) is 11.1 Å². The molecule has 0 bridgehead atoms. The van der Waals surface area contributed by atoms with Crippen molar-refractivity contribution in [1.82, 2.24) is 0 Å². The predicted molar refractivity (Wildman–Crippen MR) is 97.2 cm³/mol. The average molecular weight is 324 g/mol. The van der Waals surface area contributed by atoms with Gasteiger partial charge in [0.05, 0.1) is 0 Å². The lowest BCUT2D eigenvalue weighted by atomic mass is 9.96. The van der Waals surface area contributed by atoms with Crippen LogP contribution in [0.5, 0.6) is 5.75 Å². The van der Waals surface area contributed by atoms with Crippen LogP contribution >= 0.6 is 0 Å². The molecule has 2 aromatic carbocycles. The highest BCUT2D eigenvalue weighted by molar-refractivity contribution is 5.87. The molecule has 0 saturated heterocycles. The first kappa shape index (κ1) is 17.8. The molecule has 2 aromatic rings. The standard InChI is InChI=1S/C21H24O3/c1-4-5-6-7-17-8-13-20(15(2)14-17)18-9-11-19(12-10-18)24-21(23)16(3)22/h8-14,22H,3-7H2,1-2H3. The minimum Gasteiger partial charge on any atom is -0.502 e. The molecule has 0 aromatic heterocycles. The van der Waals surface area contributed by atoms with Crippen LogP contribution in [0.4, 0.5) is 0 Å². The van der Waals surface area contributed by atoms with Crippen molar-refractivity contribution in [3.63, 3.8) is 0 Å². The first-order valence-corrected chi connectivity index (χ1v) is 8.31. The molecule has 0 atom stereocenters. The van der Waals surface area contributed by atoms with Crippen molar-refractivity contribution in [3.05, 3.63) is 65.9 Å². The summed E-state index contributed by atoms with van der Waals surface area (Å²) in [6.45, 7) is 7.47. The Morgan fingerprint density at radius 3 is 2.42 bits per heavy atom. The fraction of sp³-hybridized carbons (Fsp3) is 0.286. The molecule has 0 aliphatic rings. The van der Waals surface area contributed by atoms with Crippen LogP contribution < -0.4 is 4.74 Å². The van der Waals surface area contributed by atoms with E-state index in [1.807, 2.05) is 12.1 Å². The molecular formula is C21H24O3. The van der Waals surface area contributed by atoms with Crippen LogP contribution in [0, 0.1) is 6.92 Å². The quantitative estimate of drug-likeness (QED) is 0.245. The number of aliphatic hydroxyl groups is 1. The molecule has 24 heavy (non-hydrogen) atoms. The third-order valence-electron chi connectivity index (χ3n) is 3.97. The smallest absolute Gasteiger partial charge is 0.378 e. The zero-order chi connectivity index (χ0) is 17.5. The Hall–Kier alpha value is -2.55. The average Bonchev–Trinajstić information content (AvgIpc) is 2.56. The Balaban J connectivity index is 2.11. The van der Waals surface area contributed by atoms with Crippen LogP contribution in [-0.2, 0) is 11.2 Å². The van der Waals surface area contributed by atoms with Crippen LogP contribution in [0.1, 0.15) is 37.3 Å². The molecule has 0 aliphatic heterocycles. The highest BCUT2D eigenvalue weighted by Crippen LogP contribution is 2.27. The van der Waals surface area contributed by atoms with E-state index in [1.54, 1.807) is 12.1 Å². The van der Waals surface area contributed by atoms with Gasteiger partial charge in [-0.05, 0) is 60.7 Å². The zero-order valence-corrected chi connectivity index (χ0v) is 14.3. The number of benzene rings is 2. The van der Waals surface area contributed by atoms with E-state index in [0.29, 0.717) is 5.75 Å². The van der Waals surface area contributed by atoms with E-state index in [0.717, 1.165) is 12.0 Å². The lowest BCUT2D eigenvalue weighted by Gasteiger charge is -2.10. The Bertz CT molecular complexity index is 714. The van der Waals surface area contributed by atoms with Crippen molar-refractivity contribution < 1.29 is 14.6 Å². The van der Waals surface area contributed by atoms with E-state index >= 15 is 0 Å². The number of hydrogen-bond donors (Lipinski definition) is 1. The number of unbranched alkanes of at least 4 members (excludes halogenated alkanes) is 2. The summed E-state index contributed by atoms with van der Waals surface area (Å²) < 4.78 is 4.98. The number of rotatable bonds is 7. The number of hydrogen-bond acceptors (Lipinski definition) is 3. The van der Waals surface area contributed by atoms with Gasteiger partial charge in [-0.2, -0.15) is 0 Å². The highest BCUT2D eigenvalue weighted by Gasteiger charge is 2.09. The second-order valence-electron chi connectivity index (χ2n) is 5.97. The van der Waals surface area contributed by atoms with Crippen molar-refractivity contribution in [2.24, 2.45) is 0 Å². The molecule has 2 rings (SSSR count). The molecule has 0 aliphatic carbocycles. The molecule has 126 valence electrons. The number of carbonyl (C=O) groups is 1. The Labute approximate surface area is 143 Å². The molecule has 0 fully saturated rings. The van der Waals surface area contributed by atoms with Crippen molar-refractivity contribution in [2.45, 2.75) is 39.5 Å². The Morgan fingerprint density at radius 2 is 1.83 bits per heavy atom. The molecule has 0 unspecified atom stereocenters. The van der Waals surface area contributed by atoms with E-state index in [-0.39, 0.29) is 0 Å². The van der Waals surface area contributed by atoms with Gasteiger partial charge in [-0.25, -0.2) is 4.79 Å². The molecule has 3 nitrogen and oxygen atoms in total. The van der Waals surface area contributed by atoms with Crippen molar-refractivity contribution in [2.75, 3.05) is 0 Å². The normalized spacial score (nSPS) is 10.4. The van der Waals surface area contributed by atoms with Gasteiger partial charge in [-0.3, -0.25) is 0 Å². The number of esters is 1. The summed E-state index contributed by atoms with van der Waals surface area (Å²) in [4.78, 5) is 11.3. The lowest BCUT2D eigenvalue weighted by Crippen LogP contribution is -2.09. The summed E-state index contributed by atoms with van der Waals surface area (Å²) >= 11 is 0. The molecule has 0 heterocycles. The van der Waals surface area contributed by atoms with E-state index < -0.39 is 11.7 Å². The molecule has 3 heteroatoms. The second-order valence-corrected chi connectivity index (χ2v) is 5.97. The second kappa shape index (κ2) is 8.34. The van der Waals surface area contributed by atoms with Crippen molar-refractivity contribution >= 4 is 5.97 Å². The van der Waals surface area contributed by atoms with E-state index in [9.17, 15) is 4.79 Å². The van der Waals surface area contributed by atoms with Crippen molar-refractivity contribution in [3.8, 4) is 16.9 Å². The fourth-order valence-electron chi connectivity index (χ4n) is 2.65. The van der Waals surface area contributed by atoms with Gasteiger partial charge < -0.3 is 9.84 Å². The van der Waals surface area contributed by atoms with Crippen LogP contribution in [0.2, 0.25) is 0 Å². The minimum atomic E-state index is -0.838. The highest BCUT2D eigenvalue weighted by atomic mass is 16.5. The fourth-order valence-corrected chi connectivity index (χ4v) is 2.65. The van der Waals surface area contributed by atoms with Crippen LogP contribution in [0.15, 0.2) is 54.8 Å². The van der Waals surface area contributed by atoms with Gasteiger partial charge in [-0.1, -0.05) is 50.1 Å². The summed E-state index contributed by atoms with van der Waals surface area (Å²) in [6, 6.07) is 13.8. The van der Waals surface area contributed by atoms with Gasteiger partial charge in [0, 0.05) is 0 Å². The summed E-state index contributed by atoms with van der Waals surface area (Å²) in [5, 5.41) is 8.99. The largest absolute Gasteiger partial charge is 0.502 e. The summed E-state index contributed by atoms with van der Waals surface area (Å²) in [5.74, 6) is -1.06. The number of carbonyl (C=O) groups excluding carboxylic acids is 1. The maximum atomic E-state index is 11.3. The van der Waals surface area contributed by atoms with Gasteiger partial charge in [0.25, 0.3) is 0 Å². The molecule has 0 spiro atoms. The number of aryl methyl sites for hydroxylation is 2.